The van der Waals surface area contributed by atoms with E-state index in [0.717, 1.165) is 11.8 Å². The highest BCUT2D eigenvalue weighted by atomic mass is 32.2. The van der Waals surface area contributed by atoms with Crippen molar-refractivity contribution < 1.29 is 22.0 Å². The maximum Gasteiger partial charge on any atom is 0.256 e. The molecule has 0 saturated carbocycles. The second-order valence-electron chi connectivity index (χ2n) is 8.01. The lowest BCUT2D eigenvalue weighted by Gasteiger charge is -2.13. The van der Waals surface area contributed by atoms with Crippen LogP contribution in [-0.4, -0.2) is 25.6 Å². The van der Waals surface area contributed by atoms with Gasteiger partial charge >= 0.3 is 0 Å². The van der Waals surface area contributed by atoms with Crippen LogP contribution in [0.25, 0.3) is 33.7 Å². The van der Waals surface area contributed by atoms with Gasteiger partial charge in [-0.15, -0.1) is 0 Å². The monoisotopic (exact) mass is 486 g/mol. The zero-order valence-corrected chi connectivity index (χ0v) is 19.3. The Morgan fingerprint density at radius 3 is 2.40 bits per heavy atom. The largest absolute Gasteiger partial charge is 0.436 e. The second kappa shape index (κ2) is 8.81. The van der Waals surface area contributed by atoms with Crippen molar-refractivity contribution >= 4 is 32.5 Å². The normalized spacial score (nSPS) is 11.5. The van der Waals surface area contributed by atoms with Gasteiger partial charge in [-0.2, -0.15) is 0 Å². The molecule has 4 aromatic carbocycles. The number of carbonyl (C=O) groups excluding carboxylic acids is 1. The van der Waals surface area contributed by atoms with Crippen LogP contribution in [0.5, 0.6) is 0 Å². The number of anilines is 1. The van der Waals surface area contributed by atoms with E-state index in [1.165, 1.54) is 42.5 Å². The maximum absolute atomic E-state index is 13.5. The molecule has 0 spiro atoms. The highest BCUT2D eigenvalue weighted by molar-refractivity contribution is 7.90. The van der Waals surface area contributed by atoms with Crippen LogP contribution >= 0.6 is 0 Å². The molecule has 0 fully saturated rings. The summed E-state index contributed by atoms with van der Waals surface area (Å²) in [7, 11) is -3.51. The number of hydrogen-bond donors (Lipinski definition) is 1. The Bertz CT molecular complexity index is 1640. The van der Waals surface area contributed by atoms with Gasteiger partial charge in [-0.3, -0.25) is 4.79 Å². The molecule has 0 aliphatic rings. The van der Waals surface area contributed by atoms with E-state index in [2.05, 4.69) is 10.3 Å². The first-order chi connectivity index (χ1) is 16.8. The Balaban J connectivity index is 1.50. The molecule has 174 valence electrons. The average Bonchev–Trinajstić information content (AvgIpc) is 3.28. The lowest BCUT2D eigenvalue weighted by atomic mass is 9.99. The van der Waals surface area contributed by atoms with Crippen molar-refractivity contribution in [3.8, 4) is 22.6 Å². The minimum absolute atomic E-state index is 0.0614. The first kappa shape index (κ1) is 22.5. The number of aromatic nitrogens is 1. The molecule has 5 aromatic rings. The molecule has 5 rings (SSSR count). The van der Waals surface area contributed by atoms with Crippen molar-refractivity contribution in [3.63, 3.8) is 0 Å². The van der Waals surface area contributed by atoms with Gasteiger partial charge in [0.25, 0.3) is 5.91 Å². The number of amides is 1. The number of nitrogens with one attached hydrogen (secondary N) is 1. The first-order valence-electron chi connectivity index (χ1n) is 10.7. The number of rotatable bonds is 5. The Morgan fingerprint density at radius 2 is 1.66 bits per heavy atom. The van der Waals surface area contributed by atoms with Crippen molar-refractivity contribution in [3.05, 3.63) is 102 Å². The lowest BCUT2D eigenvalue weighted by Crippen LogP contribution is -2.14. The van der Waals surface area contributed by atoms with Gasteiger partial charge in [0.1, 0.15) is 11.3 Å². The van der Waals surface area contributed by atoms with Gasteiger partial charge < -0.3 is 9.73 Å². The number of nitrogens with zero attached hydrogens (tertiary/aromatic N) is 1. The molecular weight excluding hydrogens is 467 g/mol. The fourth-order valence-electron chi connectivity index (χ4n) is 3.74. The molecule has 0 saturated heterocycles. The third-order valence-electron chi connectivity index (χ3n) is 5.48. The Kier molecular flexibility index (Phi) is 5.66. The standard InChI is InChI=1S/C27H19FN2O4S/c1-35(32,33)21-13-14-22(23(16-21)17-9-11-19(28)12-10-17)26(31)29-20-6-4-5-18(15-20)27-30-24-7-2-3-8-25(24)34-27/h2-16H,1H3,(H,29,31). The number of carbonyl (C=O) groups is 1. The Hall–Kier alpha value is -4.30. The first-order valence-corrected chi connectivity index (χ1v) is 12.5. The highest BCUT2D eigenvalue weighted by Crippen LogP contribution is 2.29. The van der Waals surface area contributed by atoms with Crippen molar-refractivity contribution in [2.45, 2.75) is 4.90 Å². The van der Waals surface area contributed by atoms with Crippen molar-refractivity contribution in [2.75, 3.05) is 11.6 Å². The van der Waals surface area contributed by atoms with E-state index in [9.17, 15) is 17.6 Å². The molecular formula is C27H19FN2O4S. The summed E-state index contributed by atoms with van der Waals surface area (Å²) in [6.45, 7) is 0. The van der Waals surface area contributed by atoms with E-state index in [1.54, 1.807) is 18.2 Å². The summed E-state index contributed by atoms with van der Waals surface area (Å²) in [5.74, 6) is -0.457. The van der Waals surface area contributed by atoms with Crippen LogP contribution in [0.3, 0.4) is 0 Å². The summed E-state index contributed by atoms with van der Waals surface area (Å²) in [5, 5.41) is 2.85. The van der Waals surface area contributed by atoms with E-state index in [-0.39, 0.29) is 10.5 Å². The minimum atomic E-state index is -3.51. The van der Waals surface area contributed by atoms with Crippen molar-refractivity contribution in [1.82, 2.24) is 4.98 Å². The summed E-state index contributed by atoms with van der Waals surface area (Å²) in [6.07, 6.45) is 1.09. The van der Waals surface area contributed by atoms with E-state index in [4.69, 9.17) is 4.42 Å². The molecule has 8 heteroatoms. The van der Waals surface area contributed by atoms with Crippen LogP contribution < -0.4 is 5.32 Å². The van der Waals surface area contributed by atoms with E-state index >= 15 is 0 Å². The van der Waals surface area contributed by atoms with E-state index < -0.39 is 21.6 Å². The third-order valence-corrected chi connectivity index (χ3v) is 6.59. The van der Waals surface area contributed by atoms with Crippen LogP contribution in [-0.2, 0) is 9.84 Å². The summed E-state index contributed by atoms with van der Waals surface area (Å²) in [6, 6.07) is 24.3. The van der Waals surface area contributed by atoms with Crippen LogP contribution in [0, 0.1) is 5.82 Å². The quantitative estimate of drug-likeness (QED) is 0.331. The molecule has 1 amide bonds. The molecule has 0 aliphatic heterocycles. The van der Waals surface area contributed by atoms with Crippen LogP contribution in [0.4, 0.5) is 10.1 Å². The van der Waals surface area contributed by atoms with Gasteiger partial charge in [0.05, 0.1) is 4.90 Å². The molecule has 0 atom stereocenters. The zero-order chi connectivity index (χ0) is 24.6. The molecule has 0 bridgehead atoms. The molecule has 0 aliphatic carbocycles. The molecule has 1 N–H and O–H groups in total. The summed E-state index contributed by atoms with van der Waals surface area (Å²) < 4.78 is 43.5. The molecule has 6 nitrogen and oxygen atoms in total. The number of benzene rings is 4. The van der Waals surface area contributed by atoms with Crippen molar-refractivity contribution in [2.24, 2.45) is 0 Å². The minimum Gasteiger partial charge on any atom is -0.436 e. The predicted molar refractivity (Wildman–Crippen MR) is 132 cm³/mol. The number of halogens is 1. The van der Waals surface area contributed by atoms with E-state index in [1.807, 2.05) is 30.3 Å². The number of oxazole rings is 1. The molecule has 0 unspecified atom stereocenters. The molecule has 1 aromatic heterocycles. The van der Waals surface area contributed by atoms with Crippen molar-refractivity contribution in [1.29, 1.82) is 0 Å². The number of para-hydroxylation sites is 2. The van der Waals surface area contributed by atoms with Gasteiger partial charge in [0.15, 0.2) is 15.4 Å². The van der Waals surface area contributed by atoms with Crippen LogP contribution in [0.2, 0.25) is 0 Å². The average molecular weight is 487 g/mol. The fourth-order valence-corrected chi connectivity index (χ4v) is 4.39. The third kappa shape index (κ3) is 4.69. The summed E-state index contributed by atoms with van der Waals surface area (Å²) in [5.41, 5.74) is 3.72. The van der Waals surface area contributed by atoms with Gasteiger partial charge in [-0.25, -0.2) is 17.8 Å². The number of fused-ring (bicyclic) bond motifs is 1. The maximum atomic E-state index is 13.5. The van der Waals surface area contributed by atoms with Crippen LogP contribution in [0.15, 0.2) is 100 Å². The van der Waals surface area contributed by atoms with Gasteiger partial charge in [-0.05, 0) is 71.8 Å². The second-order valence-corrected chi connectivity index (χ2v) is 10.0. The number of hydrogen-bond acceptors (Lipinski definition) is 5. The number of sulfone groups is 1. The fraction of sp³-hybridized carbons (Fsp3) is 0.0370. The predicted octanol–water partition coefficient (Wildman–Crippen LogP) is 5.96. The smallest absolute Gasteiger partial charge is 0.256 e. The zero-order valence-electron chi connectivity index (χ0n) is 18.5. The van der Waals surface area contributed by atoms with E-state index in [0.29, 0.717) is 33.9 Å². The highest BCUT2D eigenvalue weighted by Gasteiger charge is 2.18. The van der Waals surface area contributed by atoms with Gasteiger partial charge in [-0.1, -0.05) is 30.3 Å². The summed E-state index contributed by atoms with van der Waals surface area (Å²) >= 11 is 0. The SMILES string of the molecule is CS(=O)(=O)c1ccc(C(=O)Nc2cccc(-c3nc4ccccc4o3)c2)c(-c2ccc(F)cc2)c1. The molecule has 1 heterocycles. The Morgan fingerprint density at radius 1 is 0.886 bits per heavy atom. The van der Waals surface area contributed by atoms with Crippen LogP contribution in [0.1, 0.15) is 10.4 Å². The molecule has 0 radical (unpaired) electrons. The Labute approximate surface area is 201 Å². The summed E-state index contributed by atoms with van der Waals surface area (Å²) in [4.78, 5) is 17.8. The lowest BCUT2D eigenvalue weighted by molar-refractivity contribution is 0.102. The molecule has 35 heavy (non-hydrogen) atoms. The topological polar surface area (TPSA) is 89.3 Å². The van der Waals surface area contributed by atoms with Gasteiger partial charge in [0, 0.05) is 23.1 Å². The van der Waals surface area contributed by atoms with Gasteiger partial charge in [0.2, 0.25) is 5.89 Å².